The smallest absolute Gasteiger partial charge is 0.267 e. The monoisotopic (exact) mass is 394 g/mol. The topological polar surface area (TPSA) is 40.5 Å². The first-order chi connectivity index (χ1) is 14.2. The Morgan fingerprint density at radius 2 is 1.83 bits per heavy atom. The Morgan fingerprint density at radius 1 is 1.03 bits per heavy atom. The van der Waals surface area contributed by atoms with E-state index in [1.165, 1.54) is 49.2 Å². The van der Waals surface area contributed by atoms with Gasteiger partial charge in [-0.1, -0.05) is 36.8 Å². The van der Waals surface area contributed by atoms with Crippen LogP contribution < -0.4 is 5.32 Å². The first-order valence-electron chi connectivity index (χ1n) is 11.1. The zero-order chi connectivity index (χ0) is 20.1. The van der Waals surface area contributed by atoms with E-state index in [9.17, 15) is 4.79 Å². The average Bonchev–Trinajstić information content (AvgIpc) is 3.08. The fraction of sp³-hybridized carbons (Fsp3) is 0.542. The lowest BCUT2D eigenvalue weighted by atomic mass is 10.1. The second-order valence-electron chi connectivity index (χ2n) is 8.52. The number of hydrogen-bond donors (Lipinski definition) is 1. The van der Waals surface area contributed by atoms with E-state index in [1.54, 1.807) is 0 Å². The molecule has 0 bridgehead atoms. The molecule has 0 aliphatic carbocycles. The summed E-state index contributed by atoms with van der Waals surface area (Å²) in [5.74, 6) is 0.0650. The highest BCUT2D eigenvalue weighted by molar-refractivity contribution is 5.93. The summed E-state index contributed by atoms with van der Waals surface area (Å²) in [7, 11) is 2.04. The van der Waals surface area contributed by atoms with Crippen LogP contribution in [0, 0.1) is 0 Å². The molecule has 5 nitrogen and oxygen atoms in total. The van der Waals surface area contributed by atoms with Crippen molar-refractivity contribution >= 4 is 5.91 Å². The zero-order valence-corrected chi connectivity index (χ0v) is 17.7. The average molecular weight is 395 g/mol. The molecule has 0 atom stereocenters. The summed E-state index contributed by atoms with van der Waals surface area (Å²) in [6.07, 6.45) is 6.04. The molecule has 5 heteroatoms. The van der Waals surface area contributed by atoms with Gasteiger partial charge < -0.3 is 14.8 Å². The van der Waals surface area contributed by atoms with E-state index in [-0.39, 0.29) is 5.91 Å². The molecule has 0 unspecified atom stereocenters. The summed E-state index contributed by atoms with van der Waals surface area (Å²) in [6, 6.07) is 12.7. The lowest BCUT2D eigenvalue weighted by Gasteiger charge is -2.27. The molecule has 29 heavy (non-hydrogen) atoms. The molecule has 1 fully saturated rings. The lowest BCUT2D eigenvalue weighted by molar-refractivity contribution is 0.0942. The van der Waals surface area contributed by atoms with Gasteiger partial charge in [0, 0.05) is 45.3 Å². The van der Waals surface area contributed by atoms with Crippen molar-refractivity contribution in [1.82, 2.24) is 19.7 Å². The number of carbonyl (C=O) groups is 1. The Balaban J connectivity index is 1.29. The standard InChI is InChI=1S/C24H34N4O/c1-26-22-11-16-28(18-20-9-4-2-5-10-20)19-21(22)17-23(26)24(29)25-12-8-15-27-13-6-3-7-14-27/h2,4-5,9-10,17H,3,6-8,11-16,18-19H2,1H3,(H,25,29). The van der Waals surface area contributed by atoms with Crippen LogP contribution in [-0.4, -0.2) is 53.0 Å². The lowest BCUT2D eigenvalue weighted by Crippen LogP contribution is -2.33. The predicted molar refractivity (Wildman–Crippen MR) is 117 cm³/mol. The van der Waals surface area contributed by atoms with E-state index in [1.807, 2.05) is 7.05 Å². The molecule has 2 aliphatic heterocycles. The van der Waals surface area contributed by atoms with E-state index in [0.29, 0.717) is 0 Å². The number of piperidine rings is 1. The highest BCUT2D eigenvalue weighted by atomic mass is 16.1. The number of amides is 1. The molecule has 156 valence electrons. The van der Waals surface area contributed by atoms with Crippen molar-refractivity contribution in [2.24, 2.45) is 7.05 Å². The van der Waals surface area contributed by atoms with Crippen LogP contribution in [0.4, 0.5) is 0 Å². The molecule has 0 spiro atoms. The second-order valence-corrected chi connectivity index (χ2v) is 8.52. The Kier molecular flexibility index (Phi) is 6.67. The molecule has 3 heterocycles. The summed E-state index contributed by atoms with van der Waals surface area (Å²) >= 11 is 0. The van der Waals surface area contributed by atoms with Crippen molar-refractivity contribution in [2.75, 3.05) is 32.7 Å². The number of rotatable bonds is 7. The van der Waals surface area contributed by atoms with Crippen molar-refractivity contribution < 1.29 is 4.79 Å². The molecule has 4 rings (SSSR count). The minimum absolute atomic E-state index is 0.0650. The predicted octanol–water partition coefficient (Wildman–Crippen LogP) is 3.19. The van der Waals surface area contributed by atoms with Gasteiger partial charge in [-0.15, -0.1) is 0 Å². The van der Waals surface area contributed by atoms with Gasteiger partial charge in [-0.05, 0) is 56.1 Å². The molecule has 1 N–H and O–H groups in total. The largest absolute Gasteiger partial charge is 0.351 e. The summed E-state index contributed by atoms with van der Waals surface area (Å²) in [6.45, 7) is 7.21. The first-order valence-corrected chi connectivity index (χ1v) is 11.1. The quantitative estimate of drug-likeness (QED) is 0.733. The van der Waals surface area contributed by atoms with Gasteiger partial charge in [0.25, 0.3) is 5.91 Å². The molecule has 1 aromatic heterocycles. The maximum atomic E-state index is 12.7. The molecule has 1 amide bonds. The third kappa shape index (κ3) is 5.09. The highest BCUT2D eigenvalue weighted by Crippen LogP contribution is 2.23. The third-order valence-electron chi connectivity index (χ3n) is 6.37. The van der Waals surface area contributed by atoms with Crippen molar-refractivity contribution in [1.29, 1.82) is 0 Å². The van der Waals surface area contributed by atoms with E-state index in [2.05, 4.69) is 56.1 Å². The summed E-state index contributed by atoms with van der Waals surface area (Å²) in [5, 5.41) is 3.14. The number of carbonyl (C=O) groups excluding carboxylic acids is 1. The van der Waals surface area contributed by atoms with Gasteiger partial charge in [-0.25, -0.2) is 0 Å². The highest BCUT2D eigenvalue weighted by Gasteiger charge is 2.23. The van der Waals surface area contributed by atoms with Crippen LogP contribution in [0.15, 0.2) is 36.4 Å². The molecular weight excluding hydrogens is 360 g/mol. The number of benzene rings is 1. The van der Waals surface area contributed by atoms with Gasteiger partial charge in [0.05, 0.1) is 0 Å². The van der Waals surface area contributed by atoms with Crippen molar-refractivity contribution in [3.63, 3.8) is 0 Å². The molecule has 1 saturated heterocycles. The number of hydrogen-bond acceptors (Lipinski definition) is 3. The van der Waals surface area contributed by atoms with Gasteiger partial charge in [0.1, 0.15) is 5.69 Å². The molecule has 0 radical (unpaired) electrons. The number of likely N-dealkylation sites (tertiary alicyclic amines) is 1. The Bertz CT molecular complexity index is 808. The van der Waals surface area contributed by atoms with Crippen LogP contribution in [0.2, 0.25) is 0 Å². The Morgan fingerprint density at radius 3 is 2.62 bits per heavy atom. The zero-order valence-electron chi connectivity index (χ0n) is 17.7. The van der Waals surface area contributed by atoms with Crippen molar-refractivity contribution in [2.45, 2.75) is 45.2 Å². The third-order valence-corrected chi connectivity index (χ3v) is 6.37. The van der Waals surface area contributed by atoms with Crippen LogP contribution in [0.1, 0.15) is 53.0 Å². The minimum Gasteiger partial charge on any atom is -0.351 e. The first kappa shape index (κ1) is 20.2. The number of fused-ring (bicyclic) bond motifs is 1. The molecule has 2 aromatic rings. The number of nitrogens with zero attached hydrogens (tertiary/aromatic N) is 3. The Labute approximate surface area is 174 Å². The summed E-state index contributed by atoms with van der Waals surface area (Å²) in [4.78, 5) is 17.7. The molecule has 2 aliphatic rings. The fourth-order valence-electron chi connectivity index (χ4n) is 4.73. The van der Waals surface area contributed by atoms with Gasteiger partial charge in [0.15, 0.2) is 0 Å². The minimum atomic E-state index is 0.0650. The van der Waals surface area contributed by atoms with Crippen LogP contribution in [-0.2, 0) is 26.6 Å². The van der Waals surface area contributed by atoms with Crippen molar-refractivity contribution in [3.8, 4) is 0 Å². The van der Waals surface area contributed by atoms with Gasteiger partial charge in [-0.3, -0.25) is 9.69 Å². The van der Waals surface area contributed by atoms with Crippen LogP contribution in [0.25, 0.3) is 0 Å². The maximum Gasteiger partial charge on any atom is 0.267 e. The number of nitrogens with one attached hydrogen (secondary N) is 1. The van der Waals surface area contributed by atoms with Crippen LogP contribution in [0.3, 0.4) is 0 Å². The fourth-order valence-corrected chi connectivity index (χ4v) is 4.73. The Hall–Kier alpha value is -2.11. The SMILES string of the molecule is Cn1c(C(=O)NCCCN2CCCCC2)cc2c1CCN(Cc1ccccc1)C2. The van der Waals surface area contributed by atoms with E-state index >= 15 is 0 Å². The van der Waals surface area contributed by atoms with Gasteiger partial charge in [-0.2, -0.15) is 0 Å². The molecular formula is C24H34N4O. The van der Waals surface area contributed by atoms with Crippen LogP contribution >= 0.6 is 0 Å². The van der Waals surface area contributed by atoms with Crippen LogP contribution in [0.5, 0.6) is 0 Å². The number of aromatic nitrogens is 1. The van der Waals surface area contributed by atoms with E-state index < -0.39 is 0 Å². The summed E-state index contributed by atoms with van der Waals surface area (Å²) in [5.41, 5.74) is 4.76. The molecule has 1 aromatic carbocycles. The van der Waals surface area contributed by atoms with Crippen molar-refractivity contribution in [3.05, 3.63) is 58.9 Å². The van der Waals surface area contributed by atoms with Gasteiger partial charge in [0.2, 0.25) is 0 Å². The normalized spacial score (nSPS) is 17.8. The van der Waals surface area contributed by atoms with E-state index in [4.69, 9.17) is 0 Å². The van der Waals surface area contributed by atoms with Gasteiger partial charge >= 0.3 is 0 Å². The molecule has 0 saturated carbocycles. The summed E-state index contributed by atoms with van der Waals surface area (Å²) < 4.78 is 2.11. The van der Waals surface area contributed by atoms with E-state index in [0.717, 1.165) is 51.3 Å². The second kappa shape index (κ2) is 9.59. The maximum absolute atomic E-state index is 12.7.